The lowest BCUT2D eigenvalue weighted by Crippen LogP contribution is -2.44. The number of aliphatic hydroxyl groups is 1. The lowest BCUT2D eigenvalue weighted by molar-refractivity contribution is 0.0389. The van der Waals surface area contributed by atoms with Crippen LogP contribution in [0.25, 0.3) is 0 Å². The molecule has 1 aliphatic heterocycles. The number of halogens is 2. The predicted octanol–water partition coefficient (Wildman–Crippen LogP) is 1.32. The van der Waals surface area contributed by atoms with E-state index in [-0.39, 0.29) is 36.4 Å². The lowest BCUT2D eigenvalue weighted by atomic mass is 10.1. The van der Waals surface area contributed by atoms with Gasteiger partial charge in [0.1, 0.15) is 5.82 Å². The second kappa shape index (κ2) is 12.4. The van der Waals surface area contributed by atoms with Crippen molar-refractivity contribution in [3.05, 3.63) is 35.1 Å². The van der Waals surface area contributed by atoms with Gasteiger partial charge in [-0.3, -0.25) is 4.90 Å². The number of benzene rings is 1. The Morgan fingerprint density at radius 3 is 2.76 bits per heavy atom. The van der Waals surface area contributed by atoms with Crippen LogP contribution in [0.15, 0.2) is 23.2 Å². The minimum Gasteiger partial charge on any atom is -0.392 e. The SMILES string of the molecule is CCNC(=NCc1ccc(F)c(CO)c1)NCCN1CCOCC1.I. The van der Waals surface area contributed by atoms with Crippen molar-refractivity contribution in [2.24, 2.45) is 4.99 Å². The number of aliphatic imine (C=N–C) groups is 1. The molecule has 0 spiro atoms. The number of hydrogen-bond donors (Lipinski definition) is 3. The third-order valence-corrected chi connectivity index (χ3v) is 3.87. The molecule has 0 saturated carbocycles. The van der Waals surface area contributed by atoms with Crippen molar-refractivity contribution in [1.82, 2.24) is 15.5 Å². The number of hydrogen-bond acceptors (Lipinski definition) is 4. The Bertz CT molecular complexity index is 539. The van der Waals surface area contributed by atoms with E-state index in [1.807, 2.05) is 6.92 Å². The Morgan fingerprint density at radius 1 is 1.32 bits per heavy atom. The molecule has 8 heteroatoms. The summed E-state index contributed by atoms with van der Waals surface area (Å²) in [6.45, 7) is 8.19. The standard InChI is InChI=1S/C17H27FN4O2.HI/c1-2-19-17(20-5-6-22-7-9-24-10-8-22)21-12-14-3-4-16(18)15(11-14)13-23;/h3-4,11,23H,2,5-10,12-13H2,1H3,(H2,19,20,21);1H. The molecule has 142 valence electrons. The van der Waals surface area contributed by atoms with Gasteiger partial charge >= 0.3 is 0 Å². The molecule has 6 nitrogen and oxygen atoms in total. The summed E-state index contributed by atoms with van der Waals surface area (Å²) in [6.07, 6.45) is 0. The van der Waals surface area contributed by atoms with Gasteiger partial charge in [-0.15, -0.1) is 24.0 Å². The van der Waals surface area contributed by atoms with Crippen LogP contribution in [0.4, 0.5) is 4.39 Å². The summed E-state index contributed by atoms with van der Waals surface area (Å²) in [6, 6.07) is 4.71. The predicted molar refractivity (Wildman–Crippen MR) is 108 cm³/mol. The summed E-state index contributed by atoms with van der Waals surface area (Å²) in [5.74, 6) is 0.349. The van der Waals surface area contributed by atoms with E-state index in [2.05, 4.69) is 20.5 Å². The molecule has 0 radical (unpaired) electrons. The molecular weight excluding hydrogens is 438 g/mol. The molecule has 1 fully saturated rings. The van der Waals surface area contributed by atoms with Crippen molar-refractivity contribution in [2.75, 3.05) is 45.9 Å². The van der Waals surface area contributed by atoms with Crippen LogP contribution in [0, 0.1) is 5.82 Å². The van der Waals surface area contributed by atoms with Gasteiger partial charge in [0.15, 0.2) is 5.96 Å². The highest BCUT2D eigenvalue weighted by molar-refractivity contribution is 14.0. The zero-order valence-corrected chi connectivity index (χ0v) is 17.0. The number of morpholine rings is 1. The molecule has 1 aromatic rings. The van der Waals surface area contributed by atoms with Crippen LogP contribution < -0.4 is 10.6 Å². The van der Waals surface area contributed by atoms with E-state index in [0.29, 0.717) is 12.1 Å². The first kappa shape index (κ1) is 22.1. The first-order valence-corrected chi connectivity index (χ1v) is 8.43. The molecule has 1 aromatic carbocycles. The van der Waals surface area contributed by atoms with Crippen molar-refractivity contribution in [2.45, 2.75) is 20.1 Å². The Balaban J connectivity index is 0.00000312. The van der Waals surface area contributed by atoms with Gasteiger partial charge in [-0.25, -0.2) is 9.38 Å². The van der Waals surface area contributed by atoms with Crippen molar-refractivity contribution in [1.29, 1.82) is 0 Å². The van der Waals surface area contributed by atoms with E-state index in [9.17, 15) is 4.39 Å². The van der Waals surface area contributed by atoms with Gasteiger partial charge in [0, 0.05) is 38.3 Å². The highest BCUT2D eigenvalue weighted by atomic mass is 127. The number of nitrogens with one attached hydrogen (secondary N) is 2. The van der Waals surface area contributed by atoms with E-state index >= 15 is 0 Å². The first-order chi connectivity index (χ1) is 11.7. The summed E-state index contributed by atoms with van der Waals surface area (Å²) in [5, 5.41) is 15.6. The Kier molecular flexibility index (Phi) is 10.9. The van der Waals surface area contributed by atoms with Crippen LogP contribution in [0.2, 0.25) is 0 Å². The summed E-state index contributed by atoms with van der Waals surface area (Å²) >= 11 is 0. The van der Waals surface area contributed by atoms with E-state index in [1.165, 1.54) is 6.07 Å². The topological polar surface area (TPSA) is 69.1 Å². The molecule has 1 saturated heterocycles. The highest BCUT2D eigenvalue weighted by Gasteiger charge is 2.09. The Hall–Kier alpha value is -0.970. The highest BCUT2D eigenvalue weighted by Crippen LogP contribution is 2.11. The zero-order chi connectivity index (χ0) is 17.2. The summed E-state index contributed by atoms with van der Waals surface area (Å²) in [7, 11) is 0. The normalized spacial score (nSPS) is 15.6. The van der Waals surface area contributed by atoms with Crippen molar-refractivity contribution in [3.8, 4) is 0 Å². The number of aliphatic hydroxyl groups excluding tert-OH is 1. The number of rotatable bonds is 7. The third-order valence-electron chi connectivity index (χ3n) is 3.87. The van der Waals surface area contributed by atoms with Crippen LogP contribution in [0.1, 0.15) is 18.1 Å². The monoisotopic (exact) mass is 466 g/mol. The van der Waals surface area contributed by atoms with E-state index < -0.39 is 0 Å². The molecule has 1 aliphatic rings. The summed E-state index contributed by atoms with van der Waals surface area (Å²) in [5.41, 5.74) is 1.17. The van der Waals surface area contributed by atoms with E-state index in [0.717, 1.165) is 57.5 Å². The maximum Gasteiger partial charge on any atom is 0.191 e. The van der Waals surface area contributed by atoms with Gasteiger partial charge in [0.25, 0.3) is 0 Å². The quantitative estimate of drug-likeness (QED) is 0.322. The second-order valence-corrected chi connectivity index (χ2v) is 5.66. The van der Waals surface area contributed by atoms with Crippen LogP contribution in [-0.2, 0) is 17.9 Å². The van der Waals surface area contributed by atoms with Crippen molar-refractivity contribution in [3.63, 3.8) is 0 Å². The Labute approximate surface area is 165 Å². The largest absolute Gasteiger partial charge is 0.392 e. The molecule has 1 heterocycles. The molecule has 0 aromatic heterocycles. The summed E-state index contributed by atoms with van der Waals surface area (Å²) in [4.78, 5) is 6.87. The maximum atomic E-state index is 13.4. The lowest BCUT2D eigenvalue weighted by Gasteiger charge is -2.26. The minimum atomic E-state index is -0.388. The van der Waals surface area contributed by atoms with Crippen LogP contribution in [0.5, 0.6) is 0 Å². The first-order valence-electron chi connectivity index (χ1n) is 8.43. The minimum absolute atomic E-state index is 0. The molecule has 2 rings (SSSR count). The van der Waals surface area contributed by atoms with Crippen molar-refractivity contribution >= 4 is 29.9 Å². The van der Waals surface area contributed by atoms with Crippen LogP contribution in [0.3, 0.4) is 0 Å². The molecule has 0 atom stereocenters. The molecule has 25 heavy (non-hydrogen) atoms. The summed E-state index contributed by atoms with van der Waals surface area (Å²) < 4.78 is 18.7. The maximum absolute atomic E-state index is 13.4. The molecule has 0 amide bonds. The smallest absolute Gasteiger partial charge is 0.191 e. The fourth-order valence-corrected chi connectivity index (χ4v) is 2.52. The molecule has 0 aliphatic carbocycles. The Morgan fingerprint density at radius 2 is 2.08 bits per heavy atom. The van der Waals surface area contributed by atoms with Gasteiger partial charge in [0.2, 0.25) is 0 Å². The molecule has 0 unspecified atom stereocenters. The van der Waals surface area contributed by atoms with E-state index in [4.69, 9.17) is 9.84 Å². The molecule has 3 N–H and O–H groups in total. The average molecular weight is 466 g/mol. The molecular formula is C17H28FIN4O2. The average Bonchev–Trinajstić information content (AvgIpc) is 2.61. The number of nitrogens with zero attached hydrogens (tertiary/aromatic N) is 2. The number of guanidine groups is 1. The fraction of sp³-hybridized carbons (Fsp3) is 0.588. The third kappa shape index (κ3) is 7.85. The van der Waals surface area contributed by atoms with Crippen LogP contribution >= 0.6 is 24.0 Å². The number of ether oxygens (including phenoxy) is 1. The fourth-order valence-electron chi connectivity index (χ4n) is 2.52. The van der Waals surface area contributed by atoms with Gasteiger partial charge in [0.05, 0.1) is 26.4 Å². The van der Waals surface area contributed by atoms with Gasteiger partial charge in [-0.2, -0.15) is 0 Å². The molecule has 0 bridgehead atoms. The van der Waals surface area contributed by atoms with Crippen molar-refractivity contribution < 1.29 is 14.2 Å². The van der Waals surface area contributed by atoms with Gasteiger partial charge in [-0.05, 0) is 24.6 Å². The van der Waals surface area contributed by atoms with E-state index in [1.54, 1.807) is 12.1 Å². The second-order valence-electron chi connectivity index (χ2n) is 5.66. The zero-order valence-electron chi connectivity index (χ0n) is 14.6. The van der Waals surface area contributed by atoms with Gasteiger partial charge < -0.3 is 20.5 Å². The van der Waals surface area contributed by atoms with Crippen LogP contribution in [-0.4, -0.2) is 61.9 Å². The van der Waals surface area contributed by atoms with Gasteiger partial charge in [-0.1, -0.05) is 6.07 Å².